The SMILES string of the molecule is Cc1ccc(-c2c(-c3ccccc3Cl)nn3c(C)nc(C)nc23)cc1. The normalized spacial score (nSPS) is 11.2. The highest BCUT2D eigenvalue weighted by Gasteiger charge is 2.20. The van der Waals surface area contributed by atoms with Gasteiger partial charge in [-0.05, 0) is 32.4 Å². The predicted octanol–water partition coefficient (Wildman–Crippen LogP) is 5.04. The van der Waals surface area contributed by atoms with Crippen molar-refractivity contribution in [2.75, 3.05) is 0 Å². The van der Waals surface area contributed by atoms with Crippen LogP contribution in [-0.2, 0) is 0 Å². The van der Waals surface area contributed by atoms with E-state index in [9.17, 15) is 0 Å². The third-order valence-electron chi connectivity index (χ3n) is 4.23. The van der Waals surface area contributed by atoms with Crippen LogP contribution in [-0.4, -0.2) is 19.6 Å². The van der Waals surface area contributed by atoms with Crippen molar-refractivity contribution in [2.24, 2.45) is 0 Å². The van der Waals surface area contributed by atoms with E-state index in [1.807, 2.05) is 38.1 Å². The quantitative estimate of drug-likeness (QED) is 0.510. The van der Waals surface area contributed by atoms with Crippen molar-refractivity contribution in [1.29, 1.82) is 0 Å². The summed E-state index contributed by atoms with van der Waals surface area (Å²) in [6, 6.07) is 16.1. The van der Waals surface area contributed by atoms with Crippen LogP contribution in [0.1, 0.15) is 17.2 Å². The maximum absolute atomic E-state index is 6.46. The van der Waals surface area contributed by atoms with Crippen molar-refractivity contribution in [1.82, 2.24) is 19.6 Å². The van der Waals surface area contributed by atoms with Gasteiger partial charge < -0.3 is 0 Å². The Hall–Kier alpha value is -2.72. The average molecular weight is 349 g/mol. The van der Waals surface area contributed by atoms with Crippen molar-refractivity contribution in [3.63, 3.8) is 0 Å². The number of nitrogens with zero attached hydrogens (tertiary/aromatic N) is 4. The Morgan fingerprint density at radius 2 is 1.60 bits per heavy atom. The minimum absolute atomic E-state index is 0.668. The second kappa shape index (κ2) is 5.97. The fourth-order valence-electron chi connectivity index (χ4n) is 3.03. The molecule has 2 aromatic carbocycles. The van der Waals surface area contributed by atoms with E-state index in [-0.39, 0.29) is 0 Å². The maximum atomic E-state index is 6.46. The molecule has 0 aliphatic rings. The standard InChI is InChI=1S/C20H17ClN4/c1-12-8-10-15(11-9-12)18-19(16-6-4-5-7-17(16)21)24-25-14(3)22-13(2)23-20(18)25/h4-11H,1-3H3. The van der Waals surface area contributed by atoms with Gasteiger partial charge in [-0.3, -0.25) is 0 Å². The lowest BCUT2D eigenvalue weighted by molar-refractivity contribution is 0.820. The van der Waals surface area contributed by atoms with Gasteiger partial charge in [0.05, 0.1) is 10.6 Å². The third-order valence-corrected chi connectivity index (χ3v) is 4.56. The molecule has 25 heavy (non-hydrogen) atoms. The van der Waals surface area contributed by atoms with Crippen molar-refractivity contribution in [3.05, 3.63) is 70.8 Å². The van der Waals surface area contributed by atoms with Gasteiger partial charge in [0.15, 0.2) is 5.65 Å². The Bertz CT molecular complexity index is 1080. The molecule has 4 nitrogen and oxygen atoms in total. The van der Waals surface area contributed by atoms with Crippen LogP contribution in [0, 0.1) is 20.8 Å². The molecule has 0 N–H and O–H groups in total. The topological polar surface area (TPSA) is 43.1 Å². The second-order valence-electron chi connectivity index (χ2n) is 6.12. The molecule has 0 radical (unpaired) electrons. The molecular formula is C20H17ClN4. The minimum Gasteiger partial charge on any atom is -0.219 e. The number of aryl methyl sites for hydroxylation is 3. The zero-order valence-electron chi connectivity index (χ0n) is 14.3. The summed E-state index contributed by atoms with van der Waals surface area (Å²) < 4.78 is 1.79. The fourth-order valence-corrected chi connectivity index (χ4v) is 3.25. The van der Waals surface area contributed by atoms with Crippen molar-refractivity contribution >= 4 is 17.2 Å². The second-order valence-corrected chi connectivity index (χ2v) is 6.53. The molecule has 124 valence electrons. The predicted molar refractivity (Wildman–Crippen MR) is 101 cm³/mol. The molecule has 2 aromatic heterocycles. The zero-order chi connectivity index (χ0) is 17.6. The first-order valence-electron chi connectivity index (χ1n) is 8.10. The molecule has 0 spiro atoms. The first-order chi connectivity index (χ1) is 12.0. The molecule has 2 heterocycles. The van der Waals surface area contributed by atoms with Gasteiger partial charge in [-0.25, -0.2) is 9.97 Å². The minimum atomic E-state index is 0.668. The monoisotopic (exact) mass is 348 g/mol. The fraction of sp³-hybridized carbons (Fsp3) is 0.150. The van der Waals surface area contributed by atoms with Gasteiger partial charge in [0, 0.05) is 5.56 Å². The molecule has 0 bridgehead atoms. The average Bonchev–Trinajstić information content (AvgIpc) is 2.95. The van der Waals surface area contributed by atoms with E-state index in [4.69, 9.17) is 16.7 Å². The lowest BCUT2D eigenvalue weighted by Crippen LogP contribution is -2.02. The molecule has 0 atom stereocenters. The number of benzene rings is 2. The summed E-state index contributed by atoms with van der Waals surface area (Å²) in [6.45, 7) is 5.91. The van der Waals surface area contributed by atoms with E-state index in [0.717, 1.165) is 39.7 Å². The Labute approximate surface area is 151 Å². The maximum Gasteiger partial charge on any atom is 0.167 e. The Balaban J connectivity index is 2.12. The molecule has 4 aromatic rings. The number of hydrogen-bond acceptors (Lipinski definition) is 3. The number of rotatable bonds is 2. The van der Waals surface area contributed by atoms with Crippen LogP contribution < -0.4 is 0 Å². The molecule has 0 saturated carbocycles. The van der Waals surface area contributed by atoms with E-state index in [1.54, 1.807) is 4.52 Å². The number of hydrogen-bond donors (Lipinski definition) is 0. The van der Waals surface area contributed by atoms with Crippen molar-refractivity contribution in [2.45, 2.75) is 20.8 Å². The highest BCUT2D eigenvalue weighted by Crippen LogP contribution is 2.37. The van der Waals surface area contributed by atoms with Crippen LogP contribution in [0.2, 0.25) is 5.02 Å². The largest absolute Gasteiger partial charge is 0.219 e. The molecule has 5 heteroatoms. The van der Waals surface area contributed by atoms with Crippen LogP contribution in [0.15, 0.2) is 48.5 Å². The zero-order valence-corrected chi connectivity index (χ0v) is 15.0. The van der Waals surface area contributed by atoms with E-state index in [1.165, 1.54) is 5.56 Å². The molecular weight excluding hydrogens is 332 g/mol. The summed E-state index contributed by atoms with van der Waals surface area (Å²) in [5.74, 6) is 1.53. The smallest absolute Gasteiger partial charge is 0.167 e. The van der Waals surface area contributed by atoms with E-state index >= 15 is 0 Å². The van der Waals surface area contributed by atoms with Gasteiger partial charge in [-0.2, -0.15) is 9.61 Å². The molecule has 4 rings (SSSR count). The summed E-state index contributed by atoms with van der Waals surface area (Å²) >= 11 is 6.46. The van der Waals surface area contributed by atoms with Gasteiger partial charge in [-0.1, -0.05) is 59.6 Å². The summed E-state index contributed by atoms with van der Waals surface area (Å²) in [6.07, 6.45) is 0. The van der Waals surface area contributed by atoms with Crippen molar-refractivity contribution in [3.8, 4) is 22.4 Å². The van der Waals surface area contributed by atoms with Gasteiger partial charge in [0.1, 0.15) is 17.3 Å². The van der Waals surface area contributed by atoms with E-state index in [0.29, 0.717) is 5.02 Å². The first-order valence-corrected chi connectivity index (χ1v) is 8.48. The summed E-state index contributed by atoms with van der Waals surface area (Å²) in [4.78, 5) is 9.09. The van der Waals surface area contributed by atoms with Crippen LogP contribution in [0.5, 0.6) is 0 Å². The van der Waals surface area contributed by atoms with Crippen LogP contribution in [0.4, 0.5) is 0 Å². The van der Waals surface area contributed by atoms with Gasteiger partial charge in [-0.15, -0.1) is 0 Å². The third kappa shape index (κ3) is 2.68. The lowest BCUT2D eigenvalue weighted by atomic mass is 10.0. The van der Waals surface area contributed by atoms with Crippen molar-refractivity contribution < 1.29 is 0 Å². The molecule has 0 fully saturated rings. The highest BCUT2D eigenvalue weighted by atomic mass is 35.5. The van der Waals surface area contributed by atoms with Gasteiger partial charge in [0.25, 0.3) is 0 Å². The molecule has 0 saturated heterocycles. The lowest BCUT2D eigenvalue weighted by Gasteiger charge is -2.06. The summed E-state index contributed by atoms with van der Waals surface area (Å²) in [7, 11) is 0. The number of halogens is 1. The first kappa shape index (κ1) is 15.8. The summed E-state index contributed by atoms with van der Waals surface area (Å²) in [5.41, 5.74) is 5.75. The van der Waals surface area contributed by atoms with E-state index < -0.39 is 0 Å². The Morgan fingerprint density at radius 1 is 0.880 bits per heavy atom. The van der Waals surface area contributed by atoms with Crippen LogP contribution >= 0.6 is 11.6 Å². The highest BCUT2D eigenvalue weighted by molar-refractivity contribution is 6.33. The van der Waals surface area contributed by atoms with E-state index in [2.05, 4.69) is 41.2 Å². The summed E-state index contributed by atoms with van der Waals surface area (Å²) in [5, 5.41) is 5.46. The van der Waals surface area contributed by atoms with Gasteiger partial charge >= 0.3 is 0 Å². The van der Waals surface area contributed by atoms with Gasteiger partial charge in [0.2, 0.25) is 0 Å². The molecule has 0 aliphatic heterocycles. The Morgan fingerprint density at radius 3 is 2.32 bits per heavy atom. The number of fused-ring (bicyclic) bond motifs is 1. The number of aromatic nitrogens is 4. The van der Waals surface area contributed by atoms with Crippen LogP contribution in [0.3, 0.4) is 0 Å². The Kier molecular flexibility index (Phi) is 3.77. The molecule has 0 amide bonds. The molecule has 0 unspecified atom stereocenters. The molecule has 0 aliphatic carbocycles. The van der Waals surface area contributed by atoms with Crippen LogP contribution in [0.25, 0.3) is 28.0 Å².